The molecule has 19 heavy (non-hydrogen) atoms. The SMILES string of the molecule is COc1ccc(C(NN)c2cscc2Br)c(OC)c1. The Labute approximate surface area is 124 Å². The number of hydrogen-bond acceptors (Lipinski definition) is 5. The van der Waals surface area contributed by atoms with Crippen molar-refractivity contribution in [2.75, 3.05) is 14.2 Å². The van der Waals surface area contributed by atoms with E-state index in [2.05, 4.69) is 26.7 Å². The maximum atomic E-state index is 5.71. The fraction of sp³-hybridized carbons (Fsp3) is 0.231. The monoisotopic (exact) mass is 342 g/mol. The Bertz CT molecular complexity index is 559. The number of nitrogens with two attached hydrogens (primary N) is 1. The number of thiophene rings is 1. The predicted molar refractivity (Wildman–Crippen MR) is 80.7 cm³/mol. The van der Waals surface area contributed by atoms with Gasteiger partial charge in [0.05, 0.1) is 20.3 Å². The molecule has 0 saturated carbocycles. The maximum absolute atomic E-state index is 5.71. The van der Waals surface area contributed by atoms with Gasteiger partial charge in [0.15, 0.2) is 0 Å². The molecule has 0 aliphatic heterocycles. The highest BCUT2D eigenvalue weighted by Crippen LogP contribution is 2.36. The molecule has 0 amide bonds. The molecule has 6 heteroatoms. The molecular formula is C13H15BrN2O2S. The van der Waals surface area contributed by atoms with Crippen LogP contribution in [0.15, 0.2) is 33.4 Å². The van der Waals surface area contributed by atoms with Crippen molar-refractivity contribution >= 4 is 27.3 Å². The molecule has 0 aliphatic carbocycles. The molecule has 0 saturated heterocycles. The smallest absolute Gasteiger partial charge is 0.127 e. The second kappa shape index (κ2) is 6.38. The Hall–Kier alpha value is -1.08. The zero-order valence-corrected chi connectivity index (χ0v) is 13.0. The van der Waals surface area contributed by atoms with Gasteiger partial charge < -0.3 is 9.47 Å². The number of hydrazine groups is 1. The van der Waals surface area contributed by atoms with Crippen LogP contribution in [-0.4, -0.2) is 14.2 Å². The lowest BCUT2D eigenvalue weighted by Crippen LogP contribution is -2.29. The molecular weight excluding hydrogens is 328 g/mol. The summed E-state index contributed by atoms with van der Waals surface area (Å²) in [6.45, 7) is 0. The van der Waals surface area contributed by atoms with Gasteiger partial charge in [0, 0.05) is 21.5 Å². The molecule has 1 aromatic carbocycles. The summed E-state index contributed by atoms with van der Waals surface area (Å²) in [5.74, 6) is 7.19. The van der Waals surface area contributed by atoms with E-state index < -0.39 is 0 Å². The molecule has 0 fully saturated rings. The van der Waals surface area contributed by atoms with Crippen molar-refractivity contribution in [2.24, 2.45) is 5.84 Å². The van der Waals surface area contributed by atoms with Gasteiger partial charge in [-0.15, -0.1) is 0 Å². The molecule has 102 valence electrons. The number of ether oxygens (including phenoxy) is 2. The number of hydrogen-bond donors (Lipinski definition) is 2. The van der Waals surface area contributed by atoms with Gasteiger partial charge in [-0.3, -0.25) is 5.84 Å². The van der Waals surface area contributed by atoms with Crippen LogP contribution < -0.4 is 20.7 Å². The highest BCUT2D eigenvalue weighted by molar-refractivity contribution is 9.10. The minimum Gasteiger partial charge on any atom is -0.497 e. The molecule has 1 unspecified atom stereocenters. The Morgan fingerprint density at radius 1 is 1.21 bits per heavy atom. The zero-order valence-electron chi connectivity index (χ0n) is 10.6. The molecule has 0 aliphatic rings. The van der Waals surface area contributed by atoms with Crippen LogP contribution in [0.3, 0.4) is 0 Å². The Morgan fingerprint density at radius 2 is 2.00 bits per heavy atom. The summed E-state index contributed by atoms with van der Waals surface area (Å²) in [5, 5.41) is 4.08. The molecule has 1 aromatic heterocycles. The van der Waals surface area contributed by atoms with Crippen molar-refractivity contribution in [1.29, 1.82) is 0 Å². The van der Waals surface area contributed by atoms with Gasteiger partial charge in [0.1, 0.15) is 11.5 Å². The van der Waals surface area contributed by atoms with E-state index in [1.807, 2.05) is 23.6 Å². The predicted octanol–water partition coefficient (Wildman–Crippen LogP) is 3.08. The fourth-order valence-electron chi connectivity index (χ4n) is 1.90. The summed E-state index contributed by atoms with van der Waals surface area (Å²) in [5.41, 5.74) is 4.87. The number of rotatable bonds is 5. The standard InChI is InChI=1S/C13H15BrN2O2S/c1-17-8-3-4-9(12(5-8)18-2)13(16-15)10-6-19-7-11(10)14/h3-7,13,16H,15H2,1-2H3. The number of halogens is 1. The third kappa shape index (κ3) is 2.92. The number of benzene rings is 1. The molecule has 0 bridgehead atoms. The minimum absolute atomic E-state index is 0.138. The van der Waals surface area contributed by atoms with Gasteiger partial charge in [-0.1, -0.05) is 0 Å². The van der Waals surface area contributed by atoms with Gasteiger partial charge in [-0.05, 0) is 39.0 Å². The zero-order chi connectivity index (χ0) is 13.8. The van der Waals surface area contributed by atoms with Crippen molar-refractivity contribution < 1.29 is 9.47 Å². The first kappa shape index (κ1) is 14.3. The molecule has 4 nitrogen and oxygen atoms in total. The van der Waals surface area contributed by atoms with Crippen LogP contribution in [0.25, 0.3) is 0 Å². The van der Waals surface area contributed by atoms with Crippen molar-refractivity contribution in [3.05, 3.63) is 44.6 Å². The first-order valence-electron chi connectivity index (χ1n) is 5.61. The van der Waals surface area contributed by atoms with Crippen LogP contribution in [-0.2, 0) is 0 Å². The summed E-state index contributed by atoms with van der Waals surface area (Å²) in [4.78, 5) is 0. The molecule has 0 spiro atoms. The summed E-state index contributed by atoms with van der Waals surface area (Å²) < 4.78 is 11.6. The Morgan fingerprint density at radius 3 is 2.53 bits per heavy atom. The molecule has 2 aromatic rings. The van der Waals surface area contributed by atoms with E-state index in [1.54, 1.807) is 25.6 Å². The second-order valence-corrected chi connectivity index (χ2v) is 5.48. The first-order valence-corrected chi connectivity index (χ1v) is 7.34. The maximum Gasteiger partial charge on any atom is 0.127 e. The second-order valence-electron chi connectivity index (χ2n) is 3.88. The first-order chi connectivity index (χ1) is 9.21. The molecule has 1 heterocycles. The quantitative estimate of drug-likeness (QED) is 0.647. The van der Waals surface area contributed by atoms with Gasteiger partial charge >= 0.3 is 0 Å². The molecule has 3 N–H and O–H groups in total. The lowest BCUT2D eigenvalue weighted by Gasteiger charge is -2.19. The number of methoxy groups -OCH3 is 2. The van der Waals surface area contributed by atoms with Crippen LogP contribution in [0, 0.1) is 0 Å². The molecule has 2 rings (SSSR count). The van der Waals surface area contributed by atoms with Crippen LogP contribution in [0.4, 0.5) is 0 Å². The van der Waals surface area contributed by atoms with Crippen LogP contribution in [0.1, 0.15) is 17.2 Å². The summed E-state index contributed by atoms with van der Waals surface area (Å²) in [7, 11) is 3.26. The van der Waals surface area contributed by atoms with E-state index in [1.165, 1.54) is 0 Å². The van der Waals surface area contributed by atoms with Crippen molar-refractivity contribution in [3.8, 4) is 11.5 Å². The largest absolute Gasteiger partial charge is 0.497 e. The van der Waals surface area contributed by atoms with Crippen LogP contribution in [0.2, 0.25) is 0 Å². The van der Waals surface area contributed by atoms with Crippen LogP contribution in [0.5, 0.6) is 11.5 Å². The van der Waals surface area contributed by atoms with E-state index in [4.69, 9.17) is 15.3 Å². The van der Waals surface area contributed by atoms with Crippen LogP contribution >= 0.6 is 27.3 Å². The lowest BCUT2D eigenvalue weighted by molar-refractivity contribution is 0.387. The Kier molecular flexibility index (Phi) is 4.81. The summed E-state index contributed by atoms with van der Waals surface area (Å²) in [6, 6.07) is 5.55. The van der Waals surface area contributed by atoms with Gasteiger partial charge in [0.2, 0.25) is 0 Å². The normalized spacial score (nSPS) is 12.2. The summed E-state index contributed by atoms with van der Waals surface area (Å²) in [6.07, 6.45) is 0. The Balaban J connectivity index is 2.46. The van der Waals surface area contributed by atoms with E-state index >= 15 is 0 Å². The average molecular weight is 343 g/mol. The molecule has 1 atom stereocenters. The van der Waals surface area contributed by atoms with E-state index in [0.717, 1.165) is 27.1 Å². The highest BCUT2D eigenvalue weighted by atomic mass is 79.9. The summed E-state index contributed by atoms with van der Waals surface area (Å²) >= 11 is 5.15. The van der Waals surface area contributed by atoms with E-state index in [9.17, 15) is 0 Å². The van der Waals surface area contributed by atoms with E-state index in [-0.39, 0.29) is 6.04 Å². The van der Waals surface area contributed by atoms with Gasteiger partial charge in [-0.2, -0.15) is 11.3 Å². The molecule has 0 radical (unpaired) electrons. The van der Waals surface area contributed by atoms with Crippen molar-refractivity contribution in [2.45, 2.75) is 6.04 Å². The van der Waals surface area contributed by atoms with Crippen molar-refractivity contribution in [3.63, 3.8) is 0 Å². The third-order valence-electron chi connectivity index (χ3n) is 2.87. The lowest BCUT2D eigenvalue weighted by atomic mass is 10.0. The topological polar surface area (TPSA) is 56.5 Å². The highest BCUT2D eigenvalue weighted by Gasteiger charge is 2.20. The van der Waals surface area contributed by atoms with E-state index in [0.29, 0.717) is 0 Å². The minimum atomic E-state index is -0.138. The van der Waals surface area contributed by atoms with Gasteiger partial charge in [0.25, 0.3) is 0 Å². The van der Waals surface area contributed by atoms with Gasteiger partial charge in [-0.25, -0.2) is 5.43 Å². The third-order valence-corrected chi connectivity index (χ3v) is 4.62. The number of nitrogens with one attached hydrogen (secondary N) is 1. The fourth-order valence-corrected chi connectivity index (χ4v) is 3.45. The average Bonchev–Trinajstić information content (AvgIpc) is 2.86. The van der Waals surface area contributed by atoms with Crippen molar-refractivity contribution in [1.82, 2.24) is 5.43 Å².